The van der Waals surface area contributed by atoms with Crippen molar-refractivity contribution < 1.29 is 27.1 Å². The number of thiazole rings is 1. The van der Waals surface area contributed by atoms with Crippen LogP contribution in [-0.2, 0) is 15.7 Å². The Labute approximate surface area is 173 Å². The fourth-order valence-corrected chi connectivity index (χ4v) is 3.79. The zero-order valence-corrected chi connectivity index (χ0v) is 16.4. The Morgan fingerprint density at radius 3 is 2.67 bits per heavy atom. The van der Waals surface area contributed by atoms with E-state index in [4.69, 9.17) is 16.3 Å². The lowest BCUT2D eigenvalue weighted by Crippen LogP contribution is -2.36. The zero-order valence-electron chi connectivity index (χ0n) is 14.8. The Morgan fingerprint density at radius 2 is 2.07 bits per heavy atom. The van der Waals surface area contributed by atoms with Crippen LogP contribution in [0.25, 0.3) is 22.0 Å². The molecular weight excluding hydrogens is 454 g/mol. The van der Waals surface area contributed by atoms with Crippen molar-refractivity contribution in [2.75, 3.05) is 6.61 Å². The molecule has 2 heterocycles. The van der Waals surface area contributed by atoms with Gasteiger partial charge < -0.3 is 9.72 Å². The number of nitrogens with one attached hydrogen (secondary N) is 1. The van der Waals surface area contributed by atoms with E-state index >= 15 is 0 Å². The van der Waals surface area contributed by atoms with Crippen LogP contribution >= 0.6 is 22.9 Å². The van der Waals surface area contributed by atoms with Crippen LogP contribution in [0.5, 0.6) is 0 Å². The van der Waals surface area contributed by atoms with Gasteiger partial charge in [0.15, 0.2) is 5.82 Å². The van der Waals surface area contributed by atoms with E-state index in [2.05, 4.69) is 4.98 Å². The predicted octanol–water partition coefficient (Wildman–Crippen LogP) is 3.52. The Balaban J connectivity index is 2.24. The molecule has 0 unspecified atom stereocenters. The van der Waals surface area contributed by atoms with Gasteiger partial charge >= 0.3 is 17.8 Å². The average Bonchev–Trinajstić information content (AvgIpc) is 3.06. The summed E-state index contributed by atoms with van der Waals surface area (Å²) in [5.41, 5.74) is -5.07. The van der Waals surface area contributed by atoms with Crippen molar-refractivity contribution in [1.29, 1.82) is 0 Å². The van der Waals surface area contributed by atoms with Crippen LogP contribution in [0, 0.1) is 5.82 Å². The molecule has 1 aromatic carbocycles. The smallest absolute Gasteiger partial charge is 0.431 e. The highest BCUT2D eigenvalue weighted by Crippen LogP contribution is 2.35. The summed E-state index contributed by atoms with van der Waals surface area (Å²) < 4.78 is 58.0. The summed E-state index contributed by atoms with van der Waals surface area (Å²) in [6.07, 6.45) is -2.66. The van der Waals surface area contributed by atoms with Gasteiger partial charge in [0.2, 0.25) is 0 Å². The molecule has 0 atom stereocenters. The molecule has 7 nitrogen and oxygen atoms in total. The van der Waals surface area contributed by atoms with Crippen LogP contribution in [0.2, 0.25) is 5.02 Å². The summed E-state index contributed by atoms with van der Waals surface area (Å²) >= 11 is 6.75. The van der Waals surface area contributed by atoms with Crippen molar-refractivity contribution in [2.45, 2.75) is 13.1 Å². The molecule has 0 saturated carbocycles. The second kappa shape index (κ2) is 8.03. The van der Waals surface area contributed by atoms with Crippen molar-refractivity contribution in [3.05, 3.63) is 60.6 Å². The average molecular weight is 464 g/mol. The number of H-pyrrole nitrogens is 1. The van der Waals surface area contributed by atoms with Gasteiger partial charge in [0.05, 0.1) is 16.3 Å². The summed E-state index contributed by atoms with van der Waals surface area (Å²) in [6, 6.07) is 0.922. The summed E-state index contributed by atoms with van der Waals surface area (Å²) in [4.78, 5) is 41.5. The molecule has 0 aliphatic carbocycles. The Hall–Kier alpha value is -2.99. The largest absolute Gasteiger partial charge is 0.463 e. The lowest BCUT2D eigenvalue weighted by atomic mass is 10.2. The number of hydrogen-bond acceptors (Lipinski definition) is 6. The normalized spacial score (nSPS) is 12.1. The van der Waals surface area contributed by atoms with Gasteiger partial charge in [0.1, 0.15) is 21.9 Å². The van der Waals surface area contributed by atoms with E-state index in [9.17, 15) is 31.9 Å². The number of alkyl halides is 3. The van der Waals surface area contributed by atoms with Crippen molar-refractivity contribution in [3.8, 4) is 5.69 Å². The number of nitrogens with zero attached hydrogens (tertiary/aromatic N) is 2. The first-order valence-electron chi connectivity index (χ1n) is 8.10. The first kappa shape index (κ1) is 21.7. The minimum atomic E-state index is -4.97. The molecular formula is C17H10ClF4N3O4S. The molecule has 1 N–H and O–H groups in total. The molecule has 3 aromatic rings. The molecule has 0 bridgehead atoms. The van der Waals surface area contributed by atoms with Gasteiger partial charge in [0.25, 0.3) is 5.56 Å². The van der Waals surface area contributed by atoms with Crippen LogP contribution in [0.3, 0.4) is 0 Å². The number of halogens is 5. The van der Waals surface area contributed by atoms with Gasteiger partial charge in [-0.3, -0.25) is 4.79 Å². The maximum atomic E-state index is 14.7. The van der Waals surface area contributed by atoms with Gasteiger partial charge in [-0.1, -0.05) is 11.6 Å². The highest BCUT2D eigenvalue weighted by molar-refractivity contribution is 7.20. The Morgan fingerprint density at radius 1 is 1.37 bits per heavy atom. The molecule has 13 heteroatoms. The summed E-state index contributed by atoms with van der Waals surface area (Å²) in [5.74, 6) is -1.78. The van der Waals surface area contributed by atoms with Crippen molar-refractivity contribution in [1.82, 2.24) is 14.5 Å². The quantitative estimate of drug-likeness (QED) is 0.363. The minimum absolute atomic E-state index is 0.00669. The van der Waals surface area contributed by atoms with Gasteiger partial charge in [-0.25, -0.2) is 23.5 Å². The first-order valence-corrected chi connectivity index (χ1v) is 9.29. The Bertz CT molecular complexity index is 1260. The number of ether oxygens (including phenoxy) is 1. The highest BCUT2D eigenvalue weighted by atomic mass is 35.5. The maximum Gasteiger partial charge on any atom is 0.431 e. The van der Waals surface area contributed by atoms with Gasteiger partial charge in [-0.2, -0.15) is 13.2 Å². The SMILES string of the molecule is CCOC(=O)C=Cc1nc2c(Cl)cc(F)c(-n3c(=O)cc(C(F)(F)F)[nH]c3=O)c2s1. The highest BCUT2D eigenvalue weighted by Gasteiger charge is 2.33. The van der Waals surface area contributed by atoms with Gasteiger partial charge in [0, 0.05) is 12.1 Å². The van der Waals surface area contributed by atoms with Crippen LogP contribution in [-0.4, -0.2) is 27.1 Å². The molecule has 0 aliphatic heterocycles. The van der Waals surface area contributed by atoms with E-state index in [1.54, 1.807) is 6.92 Å². The number of aromatic amines is 1. The van der Waals surface area contributed by atoms with E-state index < -0.39 is 40.6 Å². The number of fused-ring (bicyclic) bond motifs is 1. The minimum Gasteiger partial charge on any atom is -0.463 e. The topological polar surface area (TPSA) is 94.0 Å². The zero-order chi connectivity index (χ0) is 22.2. The van der Waals surface area contributed by atoms with Crippen LogP contribution < -0.4 is 11.2 Å². The van der Waals surface area contributed by atoms with Crippen molar-refractivity contribution in [2.24, 2.45) is 0 Å². The monoisotopic (exact) mass is 463 g/mol. The molecule has 30 heavy (non-hydrogen) atoms. The molecule has 2 aromatic heterocycles. The second-order valence-electron chi connectivity index (χ2n) is 5.66. The predicted molar refractivity (Wildman–Crippen MR) is 101 cm³/mol. The second-order valence-corrected chi connectivity index (χ2v) is 7.10. The fraction of sp³-hybridized carbons (Fsp3) is 0.176. The third-order valence-electron chi connectivity index (χ3n) is 3.68. The standard InChI is InChI=1S/C17H10ClF4N3O4S/c1-2-29-12(27)4-3-10-24-13-7(18)5-8(19)14(15(13)30-10)25-11(26)6-9(17(20,21)22)23-16(25)28/h3-6H,2H2,1H3,(H,23,28). The van der Waals surface area contributed by atoms with Crippen molar-refractivity contribution in [3.63, 3.8) is 0 Å². The number of hydrogen-bond donors (Lipinski definition) is 1. The number of esters is 1. The summed E-state index contributed by atoms with van der Waals surface area (Å²) in [5, 5.41) is -0.00198. The van der Waals surface area contributed by atoms with Crippen LogP contribution in [0.1, 0.15) is 17.6 Å². The molecule has 0 radical (unpaired) electrons. The molecule has 158 valence electrons. The van der Waals surface area contributed by atoms with Gasteiger partial charge in [-0.05, 0) is 19.1 Å². The molecule has 0 aliphatic rings. The van der Waals surface area contributed by atoms with Crippen LogP contribution in [0.15, 0.2) is 27.8 Å². The summed E-state index contributed by atoms with van der Waals surface area (Å²) in [7, 11) is 0. The third kappa shape index (κ3) is 4.14. The van der Waals surface area contributed by atoms with E-state index in [0.29, 0.717) is 0 Å². The van der Waals surface area contributed by atoms with E-state index in [1.807, 2.05) is 0 Å². The molecule has 0 fully saturated rings. The van der Waals surface area contributed by atoms with Gasteiger partial charge in [-0.15, -0.1) is 11.3 Å². The molecule has 0 amide bonds. The number of rotatable bonds is 4. The Kier molecular flexibility index (Phi) is 5.81. The first-order chi connectivity index (χ1) is 14.0. The van der Waals surface area contributed by atoms with E-state index in [-0.39, 0.29) is 37.5 Å². The fourth-order valence-electron chi connectivity index (χ4n) is 2.48. The third-order valence-corrected chi connectivity index (χ3v) is 4.99. The van der Waals surface area contributed by atoms with E-state index in [0.717, 1.165) is 23.5 Å². The number of benzene rings is 1. The van der Waals surface area contributed by atoms with Crippen molar-refractivity contribution >= 4 is 45.2 Å². The van der Waals surface area contributed by atoms with Crippen LogP contribution in [0.4, 0.5) is 17.6 Å². The molecule has 0 saturated heterocycles. The van der Waals surface area contributed by atoms with E-state index in [1.165, 1.54) is 11.1 Å². The number of carbonyl (C=O) groups excluding carboxylic acids is 1. The maximum absolute atomic E-state index is 14.7. The number of aromatic nitrogens is 3. The summed E-state index contributed by atoms with van der Waals surface area (Å²) in [6.45, 7) is 1.75. The lowest BCUT2D eigenvalue weighted by Gasteiger charge is -2.10. The molecule has 0 spiro atoms. The molecule has 3 rings (SSSR count). The lowest BCUT2D eigenvalue weighted by molar-refractivity contribution is -0.141. The number of carbonyl (C=O) groups is 1.